The standard InChI is InChI=1S/C23H39O2/c1-19(2)10-6-11-20(3)12-7-13-21(4)14-8-15-22(5)16-9-17-23(25)18-24/h10,12,14,16-17,23-25H,6-9,11,13,15,18H2,1-5H3/b20-12+,21-14+,22-16+. The normalized spacial score (nSPS) is 14.6. The predicted octanol–water partition coefficient (Wildman–Crippen LogP) is 6.08. The van der Waals surface area contributed by atoms with Crippen LogP contribution in [0, 0.1) is 6.42 Å². The van der Waals surface area contributed by atoms with Crippen molar-refractivity contribution < 1.29 is 10.2 Å². The SMILES string of the molecule is CC(C)=CCC/C(C)=C/CC/C(C)=C/CC/C(C)=C/C[CH]C(O)CO. The molecule has 1 unspecified atom stereocenters. The second kappa shape index (κ2) is 15.2. The van der Waals surface area contributed by atoms with Crippen LogP contribution in [0.1, 0.15) is 79.6 Å². The number of aliphatic hydroxyl groups is 2. The van der Waals surface area contributed by atoms with Crippen LogP contribution < -0.4 is 0 Å². The van der Waals surface area contributed by atoms with Gasteiger partial charge in [-0.05, 0) is 86.0 Å². The molecule has 2 nitrogen and oxygen atoms in total. The Morgan fingerprint density at radius 3 is 1.60 bits per heavy atom. The lowest BCUT2D eigenvalue weighted by atomic mass is 10.0. The third kappa shape index (κ3) is 16.1. The Balaban J connectivity index is 3.97. The van der Waals surface area contributed by atoms with E-state index in [9.17, 15) is 5.11 Å². The van der Waals surface area contributed by atoms with Gasteiger partial charge in [0.1, 0.15) is 0 Å². The molecular weight excluding hydrogens is 308 g/mol. The maximum absolute atomic E-state index is 9.26. The fraction of sp³-hybridized carbons (Fsp3) is 0.609. The molecule has 0 aliphatic heterocycles. The van der Waals surface area contributed by atoms with Crippen molar-refractivity contribution in [2.45, 2.75) is 85.7 Å². The number of aliphatic hydroxyl groups excluding tert-OH is 2. The van der Waals surface area contributed by atoms with Crippen LogP contribution in [-0.2, 0) is 0 Å². The molecule has 0 spiro atoms. The number of rotatable bonds is 13. The van der Waals surface area contributed by atoms with Crippen LogP contribution in [0.4, 0.5) is 0 Å². The van der Waals surface area contributed by atoms with E-state index < -0.39 is 6.10 Å². The number of hydrogen-bond acceptors (Lipinski definition) is 2. The molecule has 0 amide bonds. The summed E-state index contributed by atoms with van der Waals surface area (Å²) in [6.45, 7) is 10.7. The van der Waals surface area contributed by atoms with Crippen LogP contribution in [0.3, 0.4) is 0 Å². The molecule has 0 aromatic heterocycles. The Morgan fingerprint density at radius 2 is 1.16 bits per heavy atom. The molecule has 0 aliphatic rings. The first-order valence-electron chi connectivity index (χ1n) is 9.57. The van der Waals surface area contributed by atoms with E-state index in [0.717, 1.165) is 32.1 Å². The van der Waals surface area contributed by atoms with Gasteiger partial charge in [-0.2, -0.15) is 0 Å². The first kappa shape index (κ1) is 23.9. The molecule has 0 rings (SSSR count). The minimum atomic E-state index is -0.704. The quantitative estimate of drug-likeness (QED) is 0.396. The van der Waals surface area contributed by atoms with Crippen LogP contribution in [0.25, 0.3) is 0 Å². The molecule has 0 bridgehead atoms. The number of allylic oxidation sites excluding steroid dienone is 8. The fourth-order valence-electron chi connectivity index (χ4n) is 2.49. The summed E-state index contributed by atoms with van der Waals surface area (Å²) in [7, 11) is 0. The molecule has 0 heterocycles. The molecule has 2 N–H and O–H groups in total. The highest BCUT2D eigenvalue weighted by atomic mass is 16.3. The Bertz CT molecular complexity index is 462. The summed E-state index contributed by atoms with van der Waals surface area (Å²) >= 11 is 0. The largest absolute Gasteiger partial charge is 0.394 e. The summed E-state index contributed by atoms with van der Waals surface area (Å²) in [4.78, 5) is 0. The molecular formula is C23H39O2. The molecule has 0 aliphatic carbocycles. The zero-order valence-electron chi connectivity index (χ0n) is 17.0. The van der Waals surface area contributed by atoms with Crippen molar-refractivity contribution in [3.05, 3.63) is 53.0 Å². The van der Waals surface area contributed by atoms with Crippen molar-refractivity contribution in [1.29, 1.82) is 0 Å². The summed E-state index contributed by atoms with van der Waals surface area (Å²) in [5.74, 6) is 0. The fourth-order valence-corrected chi connectivity index (χ4v) is 2.49. The van der Waals surface area contributed by atoms with Gasteiger partial charge in [0.2, 0.25) is 0 Å². The van der Waals surface area contributed by atoms with Crippen molar-refractivity contribution in [2.24, 2.45) is 0 Å². The highest BCUT2D eigenvalue weighted by molar-refractivity contribution is 5.07. The molecule has 0 saturated heterocycles. The average molecular weight is 348 g/mol. The molecule has 0 aromatic carbocycles. The first-order valence-corrected chi connectivity index (χ1v) is 9.57. The van der Waals surface area contributed by atoms with Crippen LogP contribution >= 0.6 is 0 Å². The third-order valence-electron chi connectivity index (χ3n) is 4.22. The minimum Gasteiger partial charge on any atom is -0.394 e. The molecule has 0 aromatic rings. The van der Waals surface area contributed by atoms with E-state index in [1.807, 2.05) is 0 Å². The smallest absolute Gasteiger partial charge is 0.0805 e. The average Bonchev–Trinajstić information content (AvgIpc) is 2.54. The van der Waals surface area contributed by atoms with Gasteiger partial charge in [0.25, 0.3) is 0 Å². The highest BCUT2D eigenvalue weighted by Gasteiger charge is 2.00. The summed E-state index contributed by atoms with van der Waals surface area (Å²) in [6.07, 6.45) is 17.6. The van der Waals surface area contributed by atoms with Gasteiger partial charge in [-0.1, -0.05) is 46.6 Å². The first-order chi connectivity index (χ1) is 11.8. The van der Waals surface area contributed by atoms with Crippen molar-refractivity contribution in [2.75, 3.05) is 6.61 Å². The van der Waals surface area contributed by atoms with Gasteiger partial charge in [0, 0.05) is 0 Å². The van der Waals surface area contributed by atoms with E-state index in [0.29, 0.717) is 6.42 Å². The molecule has 1 radical (unpaired) electrons. The van der Waals surface area contributed by atoms with Crippen molar-refractivity contribution >= 4 is 0 Å². The van der Waals surface area contributed by atoms with E-state index in [1.54, 1.807) is 6.42 Å². The number of hydrogen-bond donors (Lipinski definition) is 2. The van der Waals surface area contributed by atoms with Gasteiger partial charge in [-0.15, -0.1) is 0 Å². The van der Waals surface area contributed by atoms with Crippen LogP contribution in [0.5, 0.6) is 0 Å². The molecule has 1 atom stereocenters. The van der Waals surface area contributed by atoms with Gasteiger partial charge >= 0.3 is 0 Å². The van der Waals surface area contributed by atoms with Crippen LogP contribution in [-0.4, -0.2) is 22.9 Å². The molecule has 143 valence electrons. The zero-order chi connectivity index (χ0) is 19.1. The Hall–Kier alpha value is -1.12. The lowest BCUT2D eigenvalue weighted by Crippen LogP contribution is -2.11. The summed E-state index contributed by atoms with van der Waals surface area (Å²) in [5, 5.41) is 18.0. The highest BCUT2D eigenvalue weighted by Crippen LogP contribution is 2.14. The maximum Gasteiger partial charge on any atom is 0.0805 e. The van der Waals surface area contributed by atoms with E-state index in [1.165, 1.54) is 28.7 Å². The molecule has 2 heteroatoms. The van der Waals surface area contributed by atoms with Crippen molar-refractivity contribution in [1.82, 2.24) is 0 Å². The van der Waals surface area contributed by atoms with E-state index >= 15 is 0 Å². The van der Waals surface area contributed by atoms with E-state index in [4.69, 9.17) is 5.11 Å². The van der Waals surface area contributed by atoms with Crippen molar-refractivity contribution in [3.8, 4) is 0 Å². The topological polar surface area (TPSA) is 40.5 Å². The summed E-state index contributed by atoms with van der Waals surface area (Å²) in [5.41, 5.74) is 5.69. The molecule has 0 saturated carbocycles. The summed E-state index contributed by atoms with van der Waals surface area (Å²) in [6, 6.07) is 0. The van der Waals surface area contributed by atoms with E-state index in [2.05, 4.69) is 58.9 Å². The van der Waals surface area contributed by atoms with Gasteiger partial charge in [0.15, 0.2) is 0 Å². The van der Waals surface area contributed by atoms with Gasteiger partial charge < -0.3 is 10.2 Å². The van der Waals surface area contributed by atoms with Gasteiger partial charge in [0.05, 0.1) is 12.7 Å². The lowest BCUT2D eigenvalue weighted by molar-refractivity contribution is 0.118. The van der Waals surface area contributed by atoms with E-state index in [-0.39, 0.29) is 6.61 Å². The summed E-state index contributed by atoms with van der Waals surface area (Å²) < 4.78 is 0. The van der Waals surface area contributed by atoms with Gasteiger partial charge in [-0.25, -0.2) is 0 Å². The Kier molecular flexibility index (Phi) is 14.5. The predicted molar refractivity (Wildman–Crippen MR) is 110 cm³/mol. The van der Waals surface area contributed by atoms with Gasteiger partial charge in [-0.3, -0.25) is 0 Å². The van der Waals surface area contributed by atoms with Crippen LogP contribution in [0.2, 0.25) is 0 Å². The molecule has 25 heavy (non-hydrogen) atoms. The minimum absolute atomic E-state index is 0.197. The zero-order valence-corrected chi connectivity index (χ0v) is 17.0. The van der Waals surface area contributed by atoms with Crippen molar-refractivity contribution in [3.63, 3.8) is 0 Å². The Morgan fingerprint density at radius 1 is 0.720 bits per heavy atom. The maximum atomic E-state index is 9.26. The Labute approximate surface area is 156 Å². The second-order valence-electron chi connectivity index (χ2n) is 7.27. The van der Waals surface area contributed by atoms with Crippen LogP contribution in [0.15, 0.2) is 46.6 Å². The molecule has 0 fully saturated rings. The third-order valence-corrected chi connectivity index (χ3v) is 4.22. The lowest BCUT2D eigenvalue weighted by Gasteiger charge is -2.05. The monoisotopic (exact) mass is 347 g/mol. The second-order valence-corrected chi connectivity index (χ2v) is 7.27.